The molecule has 1 amide bonds. The highest BCUT2D eigenvalue weighted by Gasteiger charge is 2.24. The van der Waals surface area contributed by atoms with E-state index in [2.05, 4.69) is 41.4 Å². The predicted molar refractivity (Wildman–Crippen MR) is 125 cm³/mol. The van der Waals surface area contributed by atoms with Gasteiger partial charge >= 0.3 is 0 Å². The number of methoxy groups -OCH3 is 1. The van der Waals surface area contributed by atoms with Crippen molar-refractivity contribution in [1.82, 2.24) is 20.5 Å². The van der Waals surface area contributed by atoms with Crippen LogP contribution >= 0.6 is 24.0 Å². The van der Waals surface area contributed by atoms with Crippen molar-refractivity contribution < 1.29 is 9.53 Å². The summed E-state index contributed by atoms with van der Waals surface area (Å²) in [5.41, 5.74) is 0.990. The van der Waals surface area contributed by atoms with Crippen LogP contribution in [-0.4, -0.2) is 68.2 Å². The van der Waals surface area contributed by atoms with Gasteiger partial charge in [0.1, 0.15) is 6.54 Å². The molecule has 160 valence electrons. The molecule has 1 atom stereocenters. The van der Waals surface area contributed by atoms with Gasteiger partial charge < -0.3 is 20.3 Å². The quantitative estimate of drug-likeness (QED) is 0.306. The average molecular weight is 505 g/mol. The summed E-state index contributed by atoms with van der Waals surface area (Å²) in [6.07, 6.45) is 2.53. The zero-order chi connectivity index (χ0) is 20.3. The van der Waals surface area contributed by atoms with Gasteiger partial charge in [-0.1, -0.05) is 26.8 Å². The number of nitrogens with one attached hydrogen (secondary N) is 2. The summed E-state index contributed by atoms with van der Waals surface area (Å²) in [7, 11) is 3.50. The molecule has 0 aliphatic heterocycles. The average Bonchev–Trinajstić information content (AvgIpc) is 2.64. The van der Waals surface area contributed by atoms with E-state index in [0.717, 1.165) is 18.7 Å². The lowest BCUT2D eigenvalue weighted by Crippen LogP contribution is -2.45. The molecule has 7 nitrogen and oxygen atoms in total. The molecule has 0 fully saturated rings. The number of likely N-dealkylation sites (N-methyl/N-ethyl adjacent to an activating group) is 1. The van der Waals surface area contributed by atoms with Crippen molar-refractivity contribution in [3.8, 4) is 0 Å². The van der Waals surface area contributed by atoms with Gasteiger partial charge in [-0.3, -0.25) is 9.78 Å². The first kappa shape index (κ1) is 26.6. The molecular weight excluding hydrogens is 469 g/mol. The third kappa shape index (κ3) is 10.2. The number of aromatic nitrogens is 1. The second-order valence-corrected chi connectivity index (χ2v) is 7.55. The molecule has 1 aromatic rings. The van der Waals surface area contributed by atoms with Crippen LogP contribution in [0.2, 0.25) is 0 Å². The van der Waals surface area contributed by atoms with E-state index in [4.69, 9.17) is 4.74 Å². The minimum Gasteiger partial charge on any atom is -0.379 e. The molecular formula is C20H36IN5O2. The Bertz CT molecular complexity index is 590. The molecule has 0 saturated carbocycles. The van der Waals surface area contributed by atoms with E-state index in [-0.39, 0.29) is 47.9 Å². The minimum absolute atomic E-state index is 0. The number of pyridine rings is 1. The number of hydrogen-bond acceptors (Lipinski definition) is 4. The van der Waals surface area contributed by atoms with Crippen LogP contribution in [0.25, 0.3) is 0 Å². The van der Waals surface area contributed by atoms with Crippen molar-refractivity contribution in [2.45, 2.75) is 40.2 Å². The lowest BCUT2D eigenvalue weighted by atomic mass is 9.89. The smallest absolute Gasteiger partial charge is 0.244 e. The number of halogens is 1. The standard InChI is InChI=1S/C20H35N5O2.HI/c1-7-21-19(23-14-17(27-6)20(2,3)4)24-15-18(26)25(5)13-11-16-10-8-9-12-22-16;/h8-10,12,17H,7,11,13-15H2,1-6H3,(H2,21,23,24);1H. The minimum atomic E-state index is -0.0257. The van der Waals surface area contributed by atoms with Gasteiger partial charge in [0.25, 0.3) is 0 Å². The van der Waals surface area contributed by atoms with Crippen LogP contribution in [0, 0.1) is 5.41 Å². The van der Waals surface area contributed by atoms with E-state index in [0.29, 0.717) is 19.0 Å². The summed E-state index contributed by atoms with van der Waals surface area (Å²) in [6.45, 7) is 10.5. The van der Waals surface area contributed by atoms with Gasteiger partial charge in [0.15, 0.2) is 5.96 Å². The molecule has 0 radical (unpaired) electrons. The molecule has 0 saturated heterocycles. The maximum atomic E-state index is 12.3. The highest BCUT2D eigenvalue weighted by atomic mass is 127. The van der Waals surface area contributed by atoms with Gasteiger partial charge in [0.2, 0.25) is 5.91 Å². The molecule has 8 heteroatoms. The molecule has 1 rings (SSSR count). The molecule has 1 heterocycles. The Kier molecular flexibility index (Phi) is 13.0. The second kappa shape index (κ2) is 13.7. The molecule has 2 N–H and O–H groups in total. The molecule has 0 aromatic carbocycles. The molecule has 1 unspecified atom stereocenters. The third-order valence-corrected chi connectivity index (χ3v) is 4.28. The van der Waals surface area contributed by atoms with Crippen LogP contribution in [0.15, 0.2) is 29.4 Å². The van der Waals surface area contributed by atoms with Gasteiger partial charge in [-0.05, 0) is 24.5 Å². The lowest BCUT2D eigenvalue weighted by molar-refractivity contribution is -0.128. The Morgan fingerprint density at radius 1 is 1.32 bits per heavy atom. The summed E-state index contributed by atoms with van der Waals surface area (Å²) in [6, 6.07) is 5.80. The van der Waals surface area contributed by atoms with Crippen molar-refractivity contribution in [3.05, 3.63) is 30.1 Å². The third-order valence-electron chi connectivity index (χ3n) is 4.28. The van der Waals surface area contributed by atoms with Crippen LogP contribution in [0.5, 0.6) is 0 Å². The fourth-order valence-electron chi connectivity index (χ4n) is 2.49. The number of carbonyl (C=O) groups excluding carboxylic acids is 1. The number of aliphatic imine (C=N–C) groups is 1. The zero-order valence-electron chi connectivity index (χ0n) is 18.0. The Morgan fingerprint density at radius 2 is 2.04 bits per heavy atom. The largest absolute Gasteiger partial charge is 0.379 e. The lowest BCUT2D eigenvalue weighted by Gasteiger charge is -2.30. The first-order valence-electron chi connectivity index (χ1n) is 9.46. The Hall–Kier alpha value is -1.42. The van der Waals surface area contributed by atoms with Crippen LogP contribution in [-0.2, 0) is 16.0 Å². The van der Waals surface area contributed by atoms with E-state index >= 15 is 0 Å². The normalized spacial score (nSPS) is 12.7. The SMILES string of the molecule is CCNC(=NCC(=O)N(C)CCc1ccccn1)NCC(OC)C(C)(C)C.I. The van der Waals surface area contributed by atoms with E-state index in [9.17, 15) is 4.79 Å². The summed E-state index contributed by atoms with van der Waals surface area (Å²) in [4.78, 5) is 22.7. The topological polar surface area (TPSA) is 78.9 Å². The first-order valence-corrected chi connectivity index (χ1v) is 9.46. The van der Waals surface area contributed by atoms with Crippen LogP contribution in [0.4, 0.5) is 0 Å². The Balaban J connectivity index is 0.00000729. The summed E-state index contributed by atoms with van der Waals surface area (Å²) in [5, 5.41) is 6.43. The summed E-state index contributed by atoms with van der Waals surface area (Å²) >= 11 is 0. The van der Waals surface area contributed by atoms with Crippen molar-refractivity contribution >= 4 is 35.8 Å². The number of carbonyl (C=O) groups is 1. The van der Waals surface area contributed by atoms with Gasteiger partial charge in [0.05, 0.1) is 6.10 Å². The molecule has 1 aromatic heterocycles. The monoisotopic (exact) mass is 505 g/mol. The van der Waals surface area contributed by atoms with Crippen LogP contribution in [0.1, 0.15) is 33.4 Å². The van der Waals surface area contributed by atoms with Gasteiger partial charge in [0, 0.05) is 52.1 Å². The predicted octanol–water partition coefficient (Wildman–Crippen LogP) is 2.32. The van der Waals surface area contributed by atoms with Crippen molar-refractivity contribution in [2.24, 2.45) is 10.4 Å². The van der Waals surface area contributed by atoms with E-state index < -0.39 is 0 Å². The van der Waals surface area contributed by atoms with Gasteiger partial charge in [-0.2, -0.15) is 0 Å². The zero-order valence-corrected chi connectivity index (χ0v) is 20.3. The second-order valence-electron chi connectivity index (χ2n) is 7.55. The molecule has 0 bridgehead atoms. The molecule has 0 aliphatic carbocycles. The number of amides is 1. The fourth-order valence-corrected chi connectivity index (χ4v) is 2.49. The van der Waals surface area contributed by atoms with E-state index in [1.165, 1.54) is 0 Å². The van der Waals surface area contributed by atoms with Gasteiger partial charge in [-0.15, -0.1) is 24.0 Å². The number of hydrogen-bond donors (Lipinski definition) is 2. The maximum absolute atomic E-state index is 12.3. The fraction of sp³-hybridized carbons (Fsp3) is 0.650. The van der Waals surface area contributed by atoms with Crippen molar-refractivity contribution in [1.29, 1.82) is 0 Å². The Morgan fingerprint density at radius 3 is 2.57 bits per heavy atom. The highest BCUT2D eigenvalue weighted by molar-refractivity contribution is 14.0. The van der Waals surface area contributed by atoms with Crippen molar-refractivity contribution in [3.63, 3.8) is 0 Å². The molecule has 0 aliphatic rings. The number of nitrogens with zero attached hydrogens (tertiary/aromatic N) is 3. The first-order chi connectivity index (χ1) is 12.8. The van der Waals surface area contributed by atoms with Crippen molar-refractivity contribution in [2.75, 3.05) is 40.3 Å². The number of rotatable bonds is 9. The van der Waals surface area contributed by atoms with Crippen LogP contribution < -0.4 is 10.6 Å². The summed E-state index contributed by atoms with van der Waals surface area (Å²) in [5.74, 6) is 0.595. The van der Waals surface area contributed by atoms with Gasteiger partial charge in [-0.25, -0.2) is 4.99 Å². The maximum Gasteiger partial charge on any atom is 0.244 e. The summed E-state index contributed by atoms with van der Waals surface area (Å²) < 4.78 is 5.55. The molecule has 0 spiro atoms. The van der Waals surface area contributed by atoms with E-state index in [1.54, 1.807) is 25.3 Å². The number of ether oxygens (including phenoxy) is 1. The van der Waals surface area contributed by atoms with E-state index in [1.807, 2.05) is 25.1 Å². The van der Waals surface area contributed by atoms with Crippen LogP contribution in [0.3, 0.4) is 0 Å². The number of guanidine groups is 1. The Labute approximate surface area is 186 Å². The molecule has 28 heavy (non-hydrogen) atoms. The highest BCUT2D eigenvalue weighted by Crippen LogP contribution is 2.20.